The van der Waals surface area contributed by atoms with E-state index in [0.29, 0.717) is 13.2 Å². The smallest absolute Gasteiger partial charge is 0.229 e. The number of ether oxygens (including phenoxy) is 1. The van der Waals surface area contributed by atoms with Crippen molar-refractivity contribution in [3.05, 3.63) is 50.6 Å². The number of nitrogens with zero attached hydrogens (tertiary/aromatic N) is 1. The van der Waals surface area contributed by atoms with Gasteiger partial charge < -0.3 is 9.64 Å². The number of hydrogen-bond donors (Lipinski definition) is 0. The van der Waals surface area contributed by atoms with Crippen LogP contribution >= 0.6 is 27.3 Å². The second-order valence-corrected chi connectivity index (χ2v) is 7.77. The van der Waals surface area contributed by atoms with Crippen LogP contribution in [0, 0.1) is 5.92 Å². The first-order valence-corrected chi connectivity index (χ1v) is 8.44. The summed E-state index contributed by atoms with van der Waals surface area (Å²) >= 11 is 5.11. The molecule has 5 heteroatoms. The highest BCUT2D eigenvalue weighted by molar-refractivity contribution is 9.11. The first-order chi connectivity index (χ1) is 10.1. The maximum atomic E-state index is 12.6. The summed E-state index contributed by atoms with van der Waals surface area (Å²) in [4.78, 5) is 15.5. The van der Waals surface area contributed by atoms with Crippen molar-refractivity contribution >= 4 is 33.2 Å². The summed E-state index contributed by atoms with van der Waals surface area (Å²) in [5, 5.41) is 0. The van der Waals surface area contributed by atoms with Gasteiger partial charge in [-0.3, -0.25) is 4.79 Å². The van der Waals surface area contributed by atoms with Crippen LogP contribution in [0.15, 0.2) is 40.2 Å². The fourth-order valence-electron chi connectivity index (χ4n) is 2.55. The third kappa shape index (κ3) is 3.30. The molecule has 2 heterocycles. The average molecular weight is 366 g/mol. The highest BCUT2D eigenvalue weighted by Crippen LogP contribution is 2.28. The van der Waals surface area contributed by atoms with E-state index in [4.69, 9.17) is 4.74 Å². The van der Waals surface area contributed by atoms with Crippen molar-refractivity contribution in [1.82, 2.24) is 4.90 Å². The Morgan fingerprint density at radius 2 is 2.19 bits per heavy atom. The van der Waals surface area contributed by atoms with Gasteiger partial charge in [0.25, 0.3) is 0 Å². The molecule has 1 atom stereocenters. The number of amides is 1. The Labute approximate surface area is 136 Å². The lowest BCUT2D eigenvalue weighted by atomic mass is 9.95. The molecule has 3 nitrogen and oxygen atoms in total. The Hall–Kier alpha value is -1.33. The third-order valence-electron chi connectivity index (χ3n) is 3.63. The molecule has 0 saturated carbocycles. The SMILES string of the molecule is CN(Cc1ccc(Br)s1)C(=O)C1COc2ccccc2C1. The van der Waals surface area contributed by atoms with Gasteiger partial charge in [-0.1, -0.05) is 18.2 Å². The molecule has 0 aliphatic carbocycles. The van der Waals surface area contributed by atoms with Crippen molar-refractivity contribution in [2.24, 2.45) is 5.92 Å². The van der Waals surface area contributed by atoms with Crippen LogP contribution in [0.25, 0.3) is 0 Å². The standard InChI is InChI=1S/C16H16BrNO2S/c1-18(9-13-6-7-15(17)21-13)16(19)12-8-11-4-2-3-5-14(11)20-10-12/h2-7,12H,8-10H2,1H3. The number of para-hydroxylation sites is 1. The molecule has 1 aromatic heterocycles. The normalized spacial score (nSPS) is 17.0. The van der Waals surface area contributed by atoms with E-state index in [1.165, 1.54) is 4.88 Å². The number of fused-ring (bicyclic) bond motifs is 1. The highest BCUT2D eigenvalue weighted by Gasteiger charge is 2.28. The maximum absolute atomic E-state index is 12.6. The lowest BCUT2D eigenvalue weighted by molar-refractivity contribution is -0.136. The molecule has 21 heavy (non-hydrogen) atoms. The average Bonchev–Trinajstić information content (AvgIpc) is 2.91. The topological polar surface area (TPSA) is 29.5 Å². The van der Waals surface area contributed by atoms with Crippen LogP contribution in [-0.2, 0) is 17.8 Å². The minimum absolute atomic E-state index is 0.0895. The first-order valence-electron chi connectivity index (χ1n) is 6.83. The second kappa shape index (κ2) is 6.20. The van der Waals surface area contributed by atoms with Crippen LogP contribution in [-0.4, -0.2) is 24.5 Å². The van der Waals surface area contributed by atoms with E-state index < -0.39 is 0 Å². The predicted octanol–water partition coefficient (Wildman–Crippen LogP) is 3.72. The van der Waals surface area contributed by atoms with Crippen LogP contribution < -0.4 is 4.74 Å². The number of benzene rings is 1. The molecular weight excluding hydrogens is 350 g/mol. The van der Waals surface area contributed by atoms with Gasteiger partial charge in [-0.05, 0) is 46.1 Å². The van der Waals surface area contributed by atoms with Gasteiger partial charge in [0.1, 0.15) is 12.4 Å². The van der Waals surface area contributed by atoms with E-state index in [0.717, 1.165) is 21.5 Å². The Morgan fingerprint density at radius 1 is 1.38 bits per heavy atom. The van der Waals surface area contributed by atoms with Crippen LogP contribution in [0.5, 0.6) is 5.75 Å². The summed E-state index contributed by atoms with van der Waals surface area (Å²) in [6, 6.07) is 12.0. The van der Waals surface area contributed by atoms with Crippen molar-refractivity contribution in [1.29, 1.82) is 0 Å². The summed E-state index contributed by atoms with van der Waals surface area (Å²) in [6.45, 7) is 1.11. The monoisotopic (exact) mass is 365 g/mol. The van der Waals surface area contributed by atoms with Crippen LogP contribution in [0.2, 0.25) is 0 Å². The minimum atomic E-state index is -0.0895. The predicted molar refractivity (Wildman–Crippen MR) is 87.6 cm³/mol. The van der Waals surface area contributed by atoms with Gasteiger partial charge >= 0.3 is 0 Å². The molecule has 0 radical (unpaired) electrons. The summed E-state index contributed by atoms with van der Waals surface area (Å²) < 4.78 is 6.80. The molecule has 1 aliphatic rings. The van der Waals surface area contributed by atoms with Gasteiger partial charge in [0, 0.05) is 11.9 Å². The lowest BCUT2D eigenvalue weighted by Gasteiger charge is -2.28. The Morgan fingerprint density at radius 3 is 2.95 bits per heavy atom. The van der Waals surface area contributed by atoms with E-state index in [9.17, 15) is 4.79 Å². The van der Waals surface area contributed by atoms with E-state index in [1.807, 2.05) is 43.4 Å². The van der Waals surface area contributed by atoms with Crippen molar-refractivity contribution in [2.75, 3.05) is 13.7 Å². The Balaban J connectivity index is 1.66. The van der Waals surface area contributed by atoms with Crippen molar-refractivity contribution in [2.45, 2.75) is 13.0 Å². The molecule has 2 aromatic rings. The summed E-state index contributed by atoms with van der Waals surface area (Å²) in [5.74, 6) is 0.966. The summed E-state index contributed by atoms with van der Waals surface area (Å²) in [5.41, 5.74) is 1.12. The van der Waals surface area contributed by atoms with Gasteiger partial charge in [-0.25, -0.2) is 0 Å². The van der Waals surface area contributed by atoms with Gasteiger partial charge in [0.05, 0.1) is 16.2 Å². The zero-order valence-electron chi connectivity index (χ0n) is 11.7. The number of carbonyl (C=O) groups is 1. The zero-order chi connectivity index (χ0) is 14.8. The number of carbonyl (C=O) groups excluding carboxylic acids is 1. The van der Waals surface area contributed by atoms with Crippen molar-refractivity contribution in [3.63, 3.8) is 0 Å². The molecule has 1 amide bonds. The van der Waals surface area contributed by atoms with E-state index in [1.54, 1.807) is 16.2 Å². The van der Waals surface area contributed by atoms with Crippen molar-refractivity contribution < 1.29 is 9.53 Å². The third-order valence-corrected chi connectivity index (χ3v) is 5.23. The molecule has 1 aliphatic heterocycles. The molecule has 1 unspecified atom stereocenters. The molecular formula is C16H16BrNO2S. The van der Waals surface area contributed by atoms with E-state index in [2.05, 4.69) is 15.9 Å². The fourth-order valence-corrected chi connectivity index (χ4v) is 4.08. The molecule has 3 rings (SSSR count). The molecule has 110 valence electrons. The molecule has 0 spiro atoms. The van der Waals surface area contributed by atoms with Gasteiger partial charge in [-0.2, -0.15) is 0 Å². The quantitative estimate of drug-likeness (QED) is 0.829. The number of hydrogen-bond acceptors (Lipinski definition) is 3. The molecule has 0 N–H and O–H groups in total. The number of rotatable bonds is 3. The van der Waals surface area contributed by atoms with E-state index >= 15 is 0 Å². The zero-order valence-corrected chi connectivity index (χ0v) is 14.1. The van der Waals surface area contributed by atoms with Crippen LogP contribution in [0.1, 0.15) is 10.4 Å². The van der Waals surface area contributed by atoms with Gasteiger partial charge in [-0.15, -0.1) is 11.3 Å². The molecule has 0 bridgehead atoms. The Kier molecular flexibility index (Phi) is 4.31. The lowest BCUT2D eigenvalue weighted by Crippen LogP contribution is -2.38. The largest absolute Gasteiger partial charge is 0.492 e. The summed E-state index contributed by atoms with van der Waals surface area (Å²) in [6.07, 6.45) is 0.757. The highest BCUT2D eigenvalue weighted by atomic mass is 79.9. The molecule has 0 fully saturated rings. The second-order valence-electron chi connectivity index (χ2n) is 5.22. The summed E-state index contributed by atoms with van der Waals surface area (Å²) in [7, 11) is 1.86. The van der Waals surface area contributed by atoms with Crippen LogP contribution in [0.4, 0.5) is 0 Å². The van der Waals surface area contributed by atoms with Crippen molar-refractivity contribution in [3.8, 4) is 5.75 Å². The number of thiophene rings is 1. The number of halogens is 1. The minimum Gasteiger partial charge on any atom is -0.492 e. The molecule has 0 saturated heterocycles. The maximum Gasteiger partial charge on any atom is 0.229 e. The van der Waals surface area contributed by atoms with E-state index in [-0.39, 0.29) is 11.8 Å². The Bertz CT molecular complexity index is 655. The fraction of sp³-hybridized carbons (Fsp3) is 0.312. The van der Waals surface area contributed by atoms with Crippen LogP contribution in [0.3, 0.4) is 0 Å². The van der Waals surface area contributed by atoms with Gasteiger partial charge in [0.2, 0.25) is 5.91 Å². The van der Waals surface area contributed by atoms with Gasteiger partial charge in [0.15, 0.2) is 0 Å². The first kappa shape index (κ1) is 14.6. The molecule has 1 aromatic carbocycles.